The molecule has 0 spiro atoms. The monoisotopic (exact) mass is 201 g/mol. The Kier molecular flexibility index (Phi) is 4.13. The van der Waals surface area contributed by atoms with Crippen molar-refractivity contribution in [2.45, 2.75) is 6.92 Å². The van der Waals surface area contributed by atoms with Gasteiger partial charge in [-0.25, -0.2) is 0 Å². The lowest BCUT2D eigenvalue weighted by atomic mass is 10.1. The summed E-state index contributed by atoms with van der Waals surface area (Å²) < 4.78 is 0. The first-order valence-corrected chi connectivity index (χ1v) is 4.51. The zero-order valence-electron chi connectivity index (χ0n) is 8.42. The molecule has 0 saturated heterocycles. The highest BCUT2D eigenvalue weighted by molar-refractivity contribution is 5.76. The first kappa shape index (κ1) is 11.0. The zero-order chi connectivity index (χ0) is 11.1. The van der Waals surface area contributed by atoms with Crippen molar-refractivity contribution in [3.63, 3.8) is 0 Å². The molecule has 0 unspecified atom stereocenters. The van der Waals surface area contributed by atoms with E-state index in [0.29, 0.717) is 12.1 Å². The Bertz CT molecular complexity index is 431. The van der Waals surface area contributed by atoms with E-state index >= 15 is 0 Å². The van der Waals surface area contributed by atoms with Gasteiger partial charge in [0.25, 0.3) is 0 Å². The van der Waals surface area contributed by atoms with Gasteiger partial charge in [-0.2, -0.15) is 0 Å². The molecule has 0 saturated carbocycles. The Morgan fingerprint density at radius 2 is 2.33 bits per heavy atom. The Balaban J connectivity index is 2.82. The topological polar surface area (TPSA) is 65.8 Å². The molecule has 0 aromatic heterocycles. The van der Waals surface area contributed by atoms with Crippen molar-refractivity contribution >= 4 is 12.4 Å². The van der Waals surface area contributed by atoms with Gasteiger partial charge in [-0.3, -0.25) is 4.79 Å². The van der Waals surface area contributed by atoms with Crippen molar-refractivity contribution in [2.75, 3.05) is 6.54 Å². The number of hydrogen-bond donors (Lipinski definition) is 0. The van der Waals surface area contributed by atoms with Gasteiger partial charge >= 0.3 is 0 Å². The molecular formula is C11H11N3O. The Morgan fingerprint density at radius 1 is 1.53 bits per heavy atom. The molecule has 15 heavy (non-hydrogen) atoms. The van der Waals surface area contributed by atoms with Gasteiger partial charge in [0.05, 0.1) is 0 Å². The summed E-state index contributed by atoms with van der Waals surface area (Å²) in [5.74, 6) is 0. The van der Waals surface area contributed by atoms with Crippen LogP contribution in [0.25, 0.3) is 16.5 Å². The number of carbonyl (C=O) groups excluding carboxylic acids is 1. The first-order valence-electron chi connectivity index (χ1n) is 4.51. The summed E-state index contributed by atoms with van der Waals surface area (Å²) in [4.78, 5) is 13.1. The molecule has 1 aromatic carbocycles. The second kappa shape index (κ2) is 5.62. The van der Waals surface area contributed by atoms with Crippen molar-refractivity contribution in [2.24, 2.45) is 5.11 Å². The van der Waals surface area contributed by atoms with Crippen LogP contribution in [-0.4, -0.2) is 12.8 Å². The largest absolute Gasteiger partial charge is 0.298 e. The summed E-state index contributed by atoms with van der Waals surface area (Å²) in [6.07, 6.45) is 4.47. The van der Waals surface area contributed by atoms with Crippen LogP contribution in [0, 0.1) is 6.92 Å². The fourth-order valence-corrected chi connectivity index (χ4v) is 1.22. The highest BCUT2D eigenvalue weighted by atomic mass is 16.1. The average Bonchev–Trinajstić information content (AvgIpc) is 2.26. The van der Waals surface area contributed by atoms with E-state index in [-0.39, 0.29) is 0 Å². The molecule has 0 atom stereocenters. The average molecular weight is 201 g/mol. The molecular weight excluding hydrogens is 190 g/mol. The summed E-state index contributed by atoms with van der Waals surface area (Å²) in [7, 11) is 0. The van der Waals surface area contributed by atoms with Gasteiger partial charge in [0.1, 0.15) is 6.29 Å². The lowest BCUT2D eigenvalue weighted by Crippen LogP contribution is -1.85. The molecule has 0 bridgehead atoms. The minimum atomic E-state index is 0.339. The van der Waals surface area contributed by atoms with E-state index in [1.54, 1.807) is 12.1 Å². The van der Waals surface area contributed by atoms with Gasteiger partial charge in [0.2, 0.25) is 0 Å². The minimum Gasteiger partial charge on any atom is -0.298 e. The number of carbonyl (C=O) groups is 1. The number of hydrogen-bond acceptors (Lipinski definition) is 2. The Labute approximate surface area is 87.9 Å². The molecule has 76 valence electrons. The van der Waals surface area contributed by atoms with E-state index in [2.05, 4.69) is 10.0 Å². The molecule has 0 N–H and O–H groups in total. The molecule has 4 heteroatoms. The lowest BCUT2D eigenvalue weighted by Gasteiger charge is -2.00. The van der Waals surface area contributed by atoms with Gasteiger partial charge in [-0.15, -0.1) is 0 Å². The quantitative estimate of drug-likeness (QED) is 0.319. The summed E-state index contributed by atoms with van der Waals surface area (Å²) >= 11 is 0. The van der Waals surface area contributed by atoms with Crippen LogP contribution in [0.2, 0.25) is 0 Å². The highest BCUT2D eigenvalue weighted by Crippen LogP contribution is 2.11. The standard InChI is InChI=1S/C11H11N3O/c1-9-7-10(8-15)4-5-11(9)3-2-6-13-14-12/h2-5,7-8H,6H2,1H3. The molecule has 4 nitrogen and oxygen atoms in total. The van der Waals surface area contributed by atoms with Crippen molar-refractivity contribution in [1.82, 2.24) is 0 Å². The summed E-state index contributed by atoms with van der Waals surface area (Å²) in [6.45, 7) is 2.27. The number of rotatable bonds is 4. The van der Waals surface area contributed by atoms with Gasteiger partial charge in [-0.1, -0.05) is 29.4 Å². The maximum atomic E-state index is 10.5. The first-order chi connectivity index (χ1) is 7.27. The smallest absolute Gasteiger partial charge is 0.150 e. The molecule has 0 fully saturated rings. The Morgan fingerprint density at radius 3 is 2.93 bits per heavy atom. The van der Waals surface area contributed by atoms with Crippen LogP contribution < -0.4 is 0 Å². The van der Waals surface area contributed by atoms with Crippen LogP contribution in [0.4, 0.5) is 0 Å². The highest BCUT2D eigenvalue weighted by Gasteiger charge is 1.95. The normalized spacial score (nSPS) is 9.93. The predicted molar refractivity (Wildman–Crippen MR) is 59.6 cm³/mol. The van der Waals surface area contributed by atoms with Crippen LogP contribution >= 0.6 is 0 Å². The van der Waals surface area contributed by atoms with E-state index in [4.69, 9.17) is 5.53 Å². The van der Waals surface area contributed by atoms with E-state index in [1.807, 2.05) is 25.1 Å². The third-order valence-electron chi connectivity index (χ3n) is 1.98. The van der Waals surface area contributed by atoms with Crippen molar-refractivity contribution in [1.29, 1.82) is 0 Å². The van der Waals surface area contributed by atoms with Crippen LogP contribution in [0.1, 0.15) is 21.5 Å². The number of nitrogens with zero attached hydrogens (tertiary/aromatic N) is 3. The minimum absolute atomic E-state index is 0.339. The molecule has 0 aliphatic carbocycles. The third kappa shape index (κ3) is 3.29. The third-order valence-corrected chi connectivity index (χ3v) is 1.98. The second-order valence-corrected chi connectivity index (χ2v) is 3.05. The van der Waals surface area contributed by atoms with E-state index in [1.165, 1.54) is 0 Å². The van der Waals surface area contributed by atoms with E-state index in [0.717, 1.165) is 17.4 Å². The van der Waals surface area contributed by atoms with Gasteiger partial charge in [-0.05, 0) is 29.6 Å². The van der Waals surface area contributed by atoms with Gasteiger partial charge in [0.15, 0.2) is 0 Å². The number of aryl methyl sites for hydroxylation is 1. The molecule has 0 aliphatic rings. The number of benzene rings is 1. The fourth-order valence-electron chi connectivity index (χ4n) is 1.22. The van der Waals surface area contributed by atoms with Crippen LogP contribution in [0.5, 0.6) is 0 Å². The lowest BCUT2D eigenvalue weighted by molar-refractivity contribution is 0.112. The second-order valence-electron chi connectivity index (χ2n) is 3.05. The molecule has 0 amide bonds. The van der Waals surface area contributed by atoms with Gasteiger partial charge in [0, 0.05) is 17.0 Å². The van der Waals surface area contributed by atoms with Crippen molar-refractivity contribution in [3.05, 3.63) is 51.4 Å². The molecule has 0 aliphatic heterocycles. The SMILES string of the molecule is Cc1cc(C=O)ccc1C=CCN=[N+]=[N-]. The molecule has 1 rings (SSSR count). The summed E-state index contributed by atoms with van der Waals surface area (Å²) in [5.41, 5.74) is 10.8. The van der Waals surface area contributed by atoms with Gasteiger partial charge < -0.3 is 0 Å². The number of azide groups is 1. The van der Waals surface area contributed by atoms with Crippen LogP contribution in [-0.2, 0) is 0 Å². The van der Waals surface area contributed by atoms with Crippen molar-refractivity contribution < 1.29 is 4.79 Å². The molecule has 0 radical (unpaired) electrons. The maximum Gasteiger partial charge on any atom is 0.150 e. The van der Waals surface area contributed by atoms with E-state index in [9.17, 15) is 4.79 Å². The fraction of sp³-hybridized carbons (Fsp3) is 0.182. The zero-order valence-corrected chi connectivity index (χ0v) is 8.42. The van der Waals surface area contributed by atoms with E-state index < -0.39 is 0 Å². The van der Waals surface area contributed by atoms with Crippen LogP contribution in [0.3, 0.4) is 0 Å². The maximum absolute atomic E-state index is 10.5. The molecule has 0 heterocycles. The van der Waals surface area contributed by atoms with Crippen molar-refractivity contribution in [3.8, 4) is 0 Å². The Hall–Kier alpha value is -2.06. The number of aldehydes is 1. The summed E-state index contributed by atoms with van der Waals surface area (Å²) in [6, 6.07) is 5.44. The van der Waals surface area contributed by atoms with Crippen LogP contribution in [0.15, 0.2) is 29.4 Å². The summed E-state index contributed by atoms with van der Waals surface area (Å²) in [5, 5.41) is 3.39. The predicted octanol–water partition coefficient (Wildman–Crippen LogP) is 3.13. The molecule has 1 aromatic rings.